The van der Waals surface area contributed by atoms with Crippen molar-refractivity contribution < 1.29 is 0 Å². The van der Waals surface area contributed by atoms with E-state index in [1.165, 1.54) is 188 Å². The number of piperidine rings is 4. The molecule has 0 amide bonds. The molecule has 8 nitrogen and oxygen atoms in total. The maximum Gasteiger partial charge on any atom is 0.0126 e. The molecule has 6 aliphatic rings. The van der Waals surface area contributed by atoms with Gasteiger partial charge in [0.05, 0.1) is 0 Å². The molecule has 0 atom stereocenters. The Labute approximate surface area is 432 Å². The van der Waals surface area contributed by atoms with Crippen LogP contribution in [0.4, 0.5) is 0 Å². The Bertz CT molecular complexity index is 1070. The van der Waals surface area contributed by atoms with E-state index in [9.17, 15) is 0 Å². The van der Waals surface area contributed by atoms with Crippen molar-refractivity contribution in [3.63, 3.8) is 0 Å². The summed E-state index contributed by atoms with van der Waals surface area (Å²) in [4.78, 5) is 20.4. The molecule has 0 saturated carbocycles. The molecular formula is C60H134N8. The SMILES string of the molecule is C.C.C.CC(C)(C)CN1CCCCC1.CC(C)(C)N1CCCCC1.CC(C)(C)N1CCCCC1.CC(C)(C)N1CCCCC1.CC(C)N1CCN(C(C)(C)C)CC1.CN1CCN(C(C)(C)C)CC1. The van der Waals surface area contributed by atoms with E-state index in [0.717, 1.165) is 0 Å². The van der Waals surface area contributed by atoms with Crippen molar-refractivity contribution in [2.75, 3.05) is 118 Å². The number of hydrogen-bond donors (Lipinski definition) is 0. The zero-order valence-corrected chi connectivity index (χ0v) is 48.7. The maximum atomic E-state index is 2.60. The van der Waals surface area contributed by atoms with Crippen LogP contribution >= 0.6 is 0 Å². The Morgan fingerprint density at radius 1 is 0.294 bits per heavy atom. The van der Waals surface area contributed by atoms with Crippen LogP contribution in [-0.2, 0) is 0 Å². The first-order valence-corrected chi connectivity index (χ1v) is 27.7. The predicted octanol–water partition coefficient (Wildman–Crippen LogP) is 14.1. The fourth-order valence-electron chi connectivity index (χ4n) is 9.87. The highest BCUT2D eigenvalue weighted by Gasteiger charge is 2.28. The second kappa shape index (κ2) is 34.2. The van der Waals surface area contributed by atoms with Crippen molar-refractivity contribution in [3.05, 3.63) is 0 Å². The molecule has 0 aliphatic carbocycles. The number of nitrogens with zero attached hydrogens (tertiary/aromatic N) is 8. The van der Waals surface area contributed by atoms with Gasteiger partial charge in [0.25, 0.3) is 0 Å². The van der Waals surface area contributed by atoms with Gasteiger partial charge in [-0.1, -0.05) is 68.7 Å². The molecule has 0 aromatic carbocycles. The van der Waals surface area contributed by atoms with Crippen LogP contribution in [-0.4, -0.2) is 191 Å². The molecule has 0 aromatic heterocycles. The summed E-state index contributed by atoms with van der Waals surface area (Å²) in [5.41, 5.74) is 2.41. The summed E-state index contributed by atoms with van der Waals surface area (Å²) >= 11 is 0. The zero-order chi connectivity index (χ0) is 49.7. The molecule has 8 heteroatoms. The Morgan fingerprint density at radius 2 is 0.515 bits per heavy atom. The van der Waals surface area contributed by atoms with Crippen LogP contribution in [0.5, 0.6) is 0 Å². The van der Waals surface area contributed by atoms with Crippen LogP contribution in [0.3, 0.4) is 0 Å². The summed E-state index contributed by atoms with van der Waals surface area (Å²) in [5, 5.41) is 0. The molecule has 6 heterocycles. The van der Waals surface area contributed by atoms with E-state index in [0.29, 0.717) is 39.2 Å². The molecule has 0 unspecified atom stereocenters. The number of rotatable bonds is 2. The molecule has 0 spiro atoms. The van der Waals surface area contributed by atoms with Gasteiger partial charge in [0.15, 0.2) is 0 Å². The molecule has 6 aliphatic heterocycles. The monoisotopic (exact) mass is 967 g/mol. The lowest BCUT2D eigenvalue weighted by Crippen LogP contribution is -2.54. The van der Waals surface area contributed by atoms with Crippen molar-refractivity contribution in [2.24, 2.45) is 5.41 Å². The summed E-state index contributed by atoms with van der Waals surface area (Å²) < 4.78 is 0. The number of likely N-dealkylation sites (tertiary alicyclic amines) is 4. The topological polar surface area (TPSA) is 25.9 Å². The van der Waals surface area contributed by atoms with Crippen LogP contribution in [0.15, 0.2) is 0 Å². The Kier molecular flexibility index (Phi) is 36.2. The van der Waals surface area contributed by atoms with Crippen LogP contribution in [0, 0.1) is 5.41 Å². The quantitative estimate of drug-likeness (QED) is 0.270. The maximum absolute atomic E-state index is 2.60. The van der Waals surface area contributed by atoms with Crippen LogP contribution in [0.25, 0.3) is 0 Å². The Morgan fingerprint density at radius 3 is 0.721 bits per heavy atom. The van der Waals surface area contributed by atoms with Gasteiger partial charge < -0.3 is 9.80 Å². The van der Waals surface area contributed by atoms with Crippen molar-refractivity contribution in [1.29, 1.82) is 0 Å². The first-order valence-electron chi connectivity index (χ1n) is 27.7. The van der Waals surface area contributed by atoms with E-state index in [1.807, 2.05) is 0 Å². The summed E-state index contributed by atoms with van der Waals surface area (Å²) in [6, 6.07) is 0.710. The Hall–Kier alpha value is -0.320. The average Bonchev–Trinajstić information content (AvgIpc) is 3.21. The molecule has 0 N–H and O–H groups in total. The fourth-order valence-corrected chi connectivity index (χ4v) is 9.87. The van der Waals surface area contributed by atoms with Crippen molar-refractivity contribution in [3.8, 4) is 0 Å². The minimum absolute atomic E-state index is 0. The van der Waals surface area contributed by atoms with Crippen molar-refractivity contribution >= 4 is 0 Å². The highest BCUT2D eigenvalue weighted by Crippen LogP contribution is 2.22. The standard InChI is InChI=1S/C11H24N2.C10H21N.C9H20N2.3C9H19N.3CH4/c1-10(2)12-6-8-13(9-7-12)11(3,4)5;1-10(2,3)9-11-7-5-4-6-8-11;1-9(2,3)11-7-5-10(4)6-8-11;3*1-9(2,3)10-7-5-4-6-8-10;;;/h10H,6-9H2,1-5H3;4-9H2,1-3H3;5-8H2,1-4H3;3*4-8H2,1-3H3;3*1H4. The van der Waals surface area contributed by atoms with E-state index < -0.39 is 0 Å². The van der Waals surface area contributed by atoms with Gasteiger partial charge in [0, 0.05) is 92.6 Å². The van der Waals surface area contributed by atoms with Gasteiger partial charge in [-0.3, -0.25) is 29.4 Å². The molecule has 6 fully saturated rings. The first-order chi connectivity index (χ1) is 29.8. The molecule has 0 bridgehead atoms. The molecule has 6 saturated heterocycles. The molecule has 68 heavy (non-hydrogen) atoms. The highest BCUT2D eigenvalue weighted by molar-refractivity contribution is 4.84. The van der Waals surface area contributed by atoms with E-state index >= 15 is 0 Å². The lowest BCUT2D eigenvalue weighted by Gasteiger charge is -2.43. The molecule has 6 rings (SSSR count). The summed E-state index contributed by atoms with van der Waals surface area (Å²) in [5.74, 6) is 0. The fraction of sp³-hybridized carbons (Fsp3) is 1.00. The zero-order valence-electron chi connectivity index (χ0n) is 48.7. The third-order valence-corrected chi connectivity index (χ3v) is 14.5. The van der Waals surface area contributed by atoms with Gasteiger partial charge in [-0.05, 0) is 234 Å². The number of hydrogen-bond acceptors (Lipinski definition) is 8. The third-order valence-electron chi connectivity index (χ3n) is 14.5. The number of piperazine rings is 2. The van der Waals surface area contributed by atoms with Gasteiger partial charge >= 0.3 is 0 Å². The molecule has 414 valence electrons. The van der Waals surface area contributed by atoms with Gasteiger partial charge in [-0.2, -0.15) is 0 Å². The first kappa shape index (κ1) is 71.9. The number of likely N-dealkylation sites (N-methyl/N-ethyl adjacent to an activating group) is 1. The van der Waals surface area contributed by atoms with Crippen molar-refractivity contribution in [1.82, 2.24) is 39.2 Å². The minimum Gasteiger partial charge on any atom is -0.304 e. The van der Waals surface area contributed by atoms with Crippen LogP contribution < -0.4 is 0 Å². The second-order valence-electron chi connectivity index (χ2n) is 27.3. The van der Waals surface area contributed by atoms with Crippen LogP contribution in [0.2, 0.25) is 0 Å². The molecule has 0 aromatic rings. The summed E-state index contributed by atoms with van der Waals surface area (Å²) in [6.07, 6.45) is 17.0. The molecular weight excluding hydrogens is 833 g/mol. The van der Waals surface area contributed by atoms with E-state index in [4.69, 9.17) is 0 Å². The van der Waals surface area contributed by atoms with Gasteiger partial charge in [0.2, 0.25) is 0 Å². The minimum atomic E-state index is 0. The van der Waals surface area contributed by atoms with Gasteiger partial charge in [0.1, 0.15) is 0 Å². The smallest absolute Gasteiger partial charge is 0.0126 e. The average molecular weight is 968 g/mol. The summed E-state index contributed by atoms with van der Waals surface area (Å²) in [7, 11) is 2.19. The Balaban J connectivity index is -0.000000741. The van der Waals surface area contributed by atoms with E-state index in [-0.39, 0.29) is 22.3 Å². The van der Waals surface area contributed by atoms with Crippen molar-refractivity contribution in [2.45, 2.75) is 272 Å². The normalized spacial score (nSPS) is 22.0. The van der Waals surface area contributed by atoms with E-state index in [1.54, 1.807) is 0 Å². The molecule has 0 radical (unpaired) electrons. The largest absolute Gasteiger partial charge is 0.304 e. The lowest BCUT2D eigenvalue weighted by molar-refractivity contribution is 0.0491. The third kappa shape index (κ3) is 33.4. The van der Waals surface area contributed by atoms with Gasteiger partial charge in [-0.15, -0.1) is 0 Å². The summed E-state index contributed by atoms with van der Waals surface area (Å²) in [6.45, 7) is 67.6. The predicted molar refractivity (Wildman–Crippen MR) is 312 cm³/mol. The van der Waals surface area contributed by atoms with Crippen LogP contribution in [0.1, 0.15) is 238 Å². The lowest BCUT2D eigenvalue weighted by atomic mass is 9.95. The second-order valence-corrected chi connectivity index (χ2v) is 27.3. The van der Waals surface area contributed by atoms with E-state index in [2.05, 4.69) is 185 Å². The van der Waals surface area contributed by atoms with Gasteiger partial charge in [-0.25, -0.2) is 0 Å². The highest BCUT2D eigenvalue weighted by atomic mass is 15.3.